The number of alkyl halides is 1. The quantitative estimate of drug-likeness (QED) is 0.850. The third kappa shape index (κ3) is 2.30. The summed E-state index contributed by atoms with van der Waals surface area (Å²) in [7, 11) is 0. The number of benzene rings is 1. The molecule has 1 heterocycles. The number of hydrogen-bond acceptors (Lipinski definition) is 3. The summed E-state index contributed by atoms with van der Waals surface area (Å²) in [6, 6.07) is 5.84. The highest BCUT2D eigenvalue weighted by atomic mass is 35.5. The molecule has 4 fully saturated rings. The molecular weight excluding hydrogens is 326 g/mol. The lowest BCUT2D eigenvalue weighted by Gasteiger charge is -2.59. The molecule has 5 aliphatic rings. The number of hydrogen-bond donors (Lipinski definition) is 1. The summed E-state index contributed by atoms with van der Waals surface area (Å²) in [5.41, 5.74) is 0.806. The Morgan fingerprint density at radius 2 is 1.92 bits per heavy atom. The highest BCUT2D eigenvalue weighted by molar-refractivity contribution is 6.24. The molecule has 1 aromatic rings. The SMILES string of the molecule is O=C(NCc1ccc2c(c1)OCO2)C12CC3CC(CC(Cl)(C3)C1)C2. The minimum Gasteiger partial charge on any atom is -0.454 e. The monoisotopic (exact) mass is 347 g/mol. The molecule has 4 saturated carbocycles. The minimum absolute atomic E-state index is 0.125. The molecule has 6 rings (SSSR count). The maximum atomic E-state index is 13.0. The Labute approximate surface area is 146 Å². The highest BCUT2D eigenvalue weighted by Gasteiger charge is 2.59. The van der Waals surface area contributed by atoms with Crippen LogP contribution in [-0.2, 0) is 11.3 Å². The largest absolute Gasteiger partial charge is 0.454 e. The lowest BCUT2D eigenvalue weighted by Crippen LogP contribution is -2.58. The average Bonchev–Trinajstić information content (AvgIpc) is 2.97. The van der Waals surface area contributed by atoms with E-state index in [2.05, 4.69) is 5.32 Å². The summed E-state index contributed by atoms with van der Waals surface area (Å²) in [6.07, 6.45) is 6.35. The molecule has 0 radical (unpaired) electrons. The van der Waals surface area contributed by atoms with E-state index in [9.17, 15) is 4.79 Å². The molecule has 4 nitrogen and oxygen atoms in total. The van der Waals surface area contributed by atoms with Crippen LogP contribution in [0.25, 0.3) is 0 Å². The van der Waals surface area contributed by atoms with Gasteiger partial charge in [0.25, 0.3) is 0 Å². The molecule has 1 aromatic carbocycles. The van der Waals surface area contributed by atoms with E-state index in [1.165, 1.54) is 6.42 Å². The second-order valence-electron chi connectivity index (χ2n) is 8.26. The summed E-state index contributed by atoms with van der Waals surface area (Å²) < 4.78 is 10.7. The molecule has 5 heteroatoms. The fraction of sp³-hybridized carbons (Fsp3) is 0.632. The number of carbonyl (C=O) groups is 1. The van der Waals surface area contributed by atoms with Crippen molar-refractivity contribution in [2.75, 3.05) is 6.79 Å². The Morgan fingerprint density at radius 3 is 2.67 bits per heavy atom. The zero-order chi connectivity index (χ0) is 16.4. The molecule has 24 heavy (non-hydrogen) atoms. The molecule has 128 valence electrons. The normalized spacial score (nSPS) is 38.4. The van der Waals surface area contributed by atoms with Gasteiger partial charge in [-0.15, -0.1) is 11.6 Å². The maximum absolute atomic E-state index is 13.0. The van der Waals surface area contributed by atoms with Gasteiger partial charge in [0, 0.05) is 11.4 Å². The van der Waals surface area contributed by atoms with Crippen molar-refractivity contribution in [3.05, 3.63) is 23.8 Å². The summed E-state index contributed by atoms with van der Waals surface area (Å²) in [4.78, 5) is 12.9. The van der Waals surface area contributed by atoms with Gasteiger partial charge in [-0.1, -0.05) is 6.07 Å². The zero-order valence-electron chi connectivity index (χ0n) is 13.6. The van der Waals surface area contributed by atoms with E-state index >= 15 is 0 Å². The van der Waals surface area contributed by atoms with Gasteiger partial charge in [0.05, 0.1) is 5.41 Å². The molecular formula is C19H22ClNO3. The number of halogens is 1. The van der Waals surface area contributed by atoms with Crippen LogP contribution in [0.2, 0.25) is 0 Å². The lowest BCUT2D eigenvalue weighted by atomic mass is 9.49. The van der Waals surface area contributed by atoms with Crippen molar-refractivity contribution in [3.63, 3.8) is 0 Å². The summed E-state index contributed by atoms with van der Waals surface area (Å²) in [6.45, 7) is 0.802. The summed E-state index contributed by atoms with van der Waals surface area (Å²) in [5, 5.41) is 3.17. The highest BCUT2D eigenvalue weighted by Crippen LogP contribution is 2.63. The molecule has 1 amide bonds. The molecule has 4 bridgehead atoms. The van der Waals surface area contributed by atoms with Crippen LogP contribution in [0.4, 0.5) is 0 Å². The van der Waals surface area contributed by atoms with Crippen molar-refractivity contribution in [2.24, 2.45) is 17.3 Å². The zero-order valence-corrected chi connectivity index (χ0v) is 14.4. The topological polar surface area (TPSA) is 47.6 Å². The number of amides is 1. The Kier molecular flexibility index (Phi) is 3.13. The van der Waals surface area contributed by atoms with E-state index in [-0.39, 0.29) is 23.0 Å². The fourth-order valence-corrected chi connectivity index (χ4v) is 6.53. The van der Waals surface area contributed by atoms with Crippen LogP contribution in [0.15, 0.2) is 18.2 Å². The van der Waals surface area contributed by atoms with Gasteiger partial charge in [-0.05, 0) is 68.1 Å². The van der Waals surface area contributed by atoms with E-state index in [0.717, 1.165) is 49.2 Å². The number of fused-ring (bicyclic) bond motifs is 1. The van der Waals surface area contributed by atoms with Crippen molar-refractivity contribution in [1.82, 2.24) is 5.32 Å². The molecule has 4 aliphatic carbocycles. The Balaban J connectivity index is 1.30. The molecule has 0 saturated heterocycles. The van der Waals surface area contributed by atoms with Crippen LogP contribution in [0.3, 0.4) is 0 Å². The predicted octanol–water partition coefficient (Wildman–Crippen LogP) is 3.61. The number of ether oxygens (including phenoxy) is 2. The van der Waals surface area contributed by atoms with E-state index in [1.807, 2.05) is 18.2 Å². The number of rotatable bonds is 3. The minimum atomic E-state index is -0.234. The van der Waals surface area contributed by atoms with Gasteiger partial charge in [0.1, 0.15) is 0 Å². The molecule has 1 N–H and O–H groups in total. The first-order chi connectivity index (χ1) is 11.5. The van der Waals surface area contributed by atoms with Gasteiger partial charge in [0.15, 0.2) is 11.5 Å². The lowest BCUT2D eigenvalue weighted by molar-refractivity contribution is -0.144. The van der Waals surface area contributed by atoms with E-state index in [0.29, 0.717) is 18.4 Å². The maximum Gasteiger partial charge on any atom is 0.231 e. The molecule has 2 atom stereocenters. The molecule has 0 aromatic heterocycles. The smallest absolute Gasteiger partial charge is 0.231 e. The van der Waals surface area contributed by atoms with Gasteiger partial charge >= 0.3 is 0 Å². The van der Waals surface area contributed by atoms with Crippen LogP contribution in [-0.4, -0.2) is 17.6 Å². The van der Waals surface area contributed by atoms with E-state index in [4.69, 9.17) is 21.1 Å². The van der Waals surface area contributed by atoms with Crippen LogP contribution < -0.4 is 14.8 Å². The van der Waals surface area contributed by atoms with Gasteiger partial charge < -0.3 is 14.8 Å². The van der Waals surface area contributed by atoms with Crippen LogP contribution in [0, 0.1) is 17.3 Å². The van der Waals surface area contributed by atoms with Crippen molar-refractivity contribution in [3.8, 4) is 11.5 Å². The van der Waals surface area contributed by atoms with Crippen molar-refractivity contribution in [1.29, 1.82) is 0 Å². The standard InChI is InChI=1S/C19H22ClNO3/c20-19-7-13-3-14(8-19)6-18(5-13,10-19)17(22)21-9-12-1-2-15-16(4-12)24-11-23-15/h1-2,4,13-14H,3,5-11H2,(H,21,22). The van der Waals surface area contributed by atoms with E-state index in [1.54, 1.807) is 0 Å². The third-order valence-corrected chi connectivity index (χ3v) is 6.80. The Bertz CT molecular complexity index is 690. The van der Waals surface area contributed by atoms with Crippen molar-refractivity contribution in [2.45, 2.75) is 49.9 Å². The average molecular weight is 348 g/mol. The molecule has 0 spiro atoms. The van der Waals surface area contributed by atoms with Crippen molar-refractivity contribution >= 4 is 17.5 Å². The number of nitrogens with one attached hydrogen (secondary N) is 1. The van der Waals surface area contributed by atoms with Gasteiger partial charge in [-0.25, -0.2) is 0 Å². The van der Waals surface area contributed by atoms with Gasteiger partial charge in [-0.2, -0.15) is 0 Å². The second-order valence-corrected chi connectivity index (χ2v) is 9.06. The van der Waals surface area contributed by atoms with Crippen LogP contribution in [0.1, 0.15) is 44.1 Å². The van der Waals surface area contributed by atoms with Crippen LogP contribution in [0.5, 0.6) is 11.5 Å². The van der Waals surface area contributed by atoms with Gasteiger partial charge in [0.2, 0.25) is 12.7 Å². The number of carbonyl (C=O) groups excluding carboxylic acids is 1. The van der Waals surface area contributed by atoms with Crippen LogP contribution >= 0.6 is 11.6 Å². The molecule has 2 unspecified atom stereocenters. The third-order valence-electron chi connectivity index (χ3n) is 6.36. The Morgan fingerprint density at radius 1 is 1.17 bits per heavy atom. The van der Waals surface area contributed by atoms with Crippen molar-refractivity contribution < 1.29 is 14.3 Å². The fourth-order valence-electron chi connectivity index (χ4n) is 5.84. The summed E-state index contributed by atoms with van der Waals surface area (Å²) >= 11 is 6.84. The predicted molar refractivity (Wildman–Crippen MR) is 90.1 cm³/mol. The first-order valence-corrected chi connectivity index (χ1v) is 9.27. The van der Waals surface area contributed by atoms with Gasteiger partial charge in [-0.3, -0.25) is 4.79 Å². The first kappa shape index (κ1) is 14.9. The summed E-state index contributed by atoms with van der Waals surface area (Å²) in [5.74, 6) is 3.01. The first-order valence-electron chi connectivity index (χ1n) is 8.89. The second kappa shape index (κ2) is 5.04. The Hall–Kier alpha value is -1.42. The molecule has 1 aliphatic heterocycles. The van der Waals surface area contributed by atoms with E-state index < -0.39 is 0 Å².